The van der Waals surface area contributed by atoms with Gasteiger partial charge in [0.1, 0.15) is 11.9 Å². The first-order chi connectivity index (χ1) is 12.7. The van der Waals surface area contributed by atoms with E-state index in [2.05, 4.69) is 10.5 Å². The second-order valence-electron chi connectivity index (χ2n) is 6.79. The predicted octanol–water partition coefficient (Wildman–Crippen LogP) is 0.375. The van der Waals surface area contributed by atoms with Gasteiger partial charge in [-0.25, -0.2) is 0 Å². The number of nitrogens with one attached hydrogen (secondary N) is 2. The van der Waals surface area contributed by atoms with Crippen LogP contribution in [0.5, 0.6) is 0 Å². The first-order valence-corrected chi connectivity index (χ1v) is 8.58. The number of nitrogens with zero attached hydrogens (tertiary/aromatic N) is 2. The van der Waals surface area contributed by atoms with E-state index in [1.54, 1.807) is 24.3 Å². The number of carbonyl (C=O) groups is 2. The molecular weight excluding hydrogens is 350 g/mol. The van der Waals surface area contributed by atoms with Crippen molar-refractivity contribution >= 4 is 23.4 Å². The van der Waals surface area contributed by atoms with E-state index in [1.165, 1.54) is 0 Å². The van der Waals surface area contributed by atoms with Crippen molar-refractivity contribution in [2.24, 2.45) is 10.9 Å². The summed E-state index contributed by atoms with van der Waals surface area (Å²) in [6.07, 6.45) is 0.0450. The number of nitrogens with two attached hydrogens (primary N) is 1. The molecule has 2 atom stereocenters. The number of hydrogen-bond donors (Lipinski definition) is 4. The molecule has 2 unspecified atom stereocenters. The van der Waals surface area contributed by atoms with E-state index < -0.39 is 18.1 Å². The molecule has 146 valence electrons. The zero-order valence-electron chi connectivity index (χ0n) is 15.4. The molecule has 1 aliphatic heterocycles. The average molecular weight is 375 g/mol. The number of likely N-dealkylation sites (N-methyl/N-ethyl adjacent to an activating group) is 1. The molecule has 1 aliphatic rings. The standard InChI is InChI=1S/C18H25N5O4/c1-23(2)10-13(7-17(25)26)21-16(24)9-14-8-15(22-27-14)11-3-5-12(6-4-11)18(19)20/h3-6,13-14H,7-10H2,1-2H3,(H3,19,20)(H,21,24)(H,25,26). The molecular formula is C18H25N5O4. The largest absolute Gasteiger partial charge is 0.481 e. The van der Waals surface area contributed by atoms with Crippen molar-refractivity contribution < 1.29 is 19.5 Å². The summed E-state index contributed by atoms with van der Waals surface area (Å²) in [7, 11) is 3.64. The summed E-state index contributed by atoms with van der Waals surface area (Å²) in [5.74, 6) is -1.23. The lowest BCUT2D eigenvalue weighted by atomic mass is 10.0. The van der Waals surface area contributed by atoms with Gasteiger partial charge in [-0.3, -0.25) is 15.0 Å². The van der Waals surface area contributed by atoms with Gasteiger partial charge in [-0.15, -0.1) is 0 Å². The van der Waals surface area contributed by atoms with Crippen molar-refractivity contribution in [3.63, 3.8) is 0 Å². The van der Waals surface area contributed by atoms with Gasteiger partial charge < -0.3 is 25.9 Å². The molecule has 0 aliphatic carbocycles. The number of hydrogen-bond acceptors (Lipinski definition) is 6. The van der Waals surface area contributed by atoms with Crippen LogP contribution in [0.4, 0.5) is 0 Å². The van der Waals surface area contributed by atoms with Crippen molar-refractivity contribution in [2.45, 2.75) is 31.4 Å². The second-order valence-corrected chi connectivity index (χ2v) is 6.79. The molecule has 27 heavy (non-hydrogen) atoms. The van der Waals surface area contributed by atoms with E-state index in [1.807, 2.05) is 19.0 Å². The van der Waals surface area contributed by atoms with Crippen LogP contribution in [0.3, 0.4) is 0 Å². The minimum atomic E-state index is -0.959. The smallest absolute Gasteiger partial charge is 0.305 e. The Morgan fingerprint density at radius 1 is 1.41 bits per heavy atom. The SMILES string of the molecule is CN(C)CC(CC(=O)O)NC(=O)CC1CC(c2ccc(C(=N)N)cc2)=NO1. The van der Waals surface area contributed by atoms with Gasteiger partial charge in [0.05, 0.1) is 24.6 Å². The number of amides is 1. The zero-order chi connectivity index (χ0) is 20.0. The summed E-state index contributed by atoms with van der Waals surface area (Å²) in [6, 6.07) is 6.62. The normalized spacial score (nSPS) is 17.1. The van der Waals surface area contributed by atoms with Gasteiger partial charge in [-0.1, -0.05) is 29.4 Å². The molecule has 0 aromatic heterocycles. The Morgan fingerprint density at radius 3 is 2.63 bits per heavy atom. The molecule has 1 aromatic carbocycles. The summed E-state index contributed by atoms with van der Waals surface area (Å²) in [5, 5.41) is 23.2. The lowest BCUT2D eigenvalue weighted by Crippen LogP contribution is -2.43. The second kappa shape index (κ2) is 9.13. The fourth-order valence-corrected chi connectivity index (χ4v) is 2.86. The summed E-state index contributed by atoms with van der Waals surface area (Å²) >= 11 is 0. The van der Waals surface area contributed by atoms with Crippen LogP contribution in [0.25, 0.3) is 0 Å². The molecule has 5 N–H and O–H groups in total. The van der Waals surface area contributed by atoms with Gasteiger partial charge in [0.15, 0.2) is 0 Å². The number of carbonyl (C=O) groups excluding carboxylic acids is 1. The van der Waals surface area contributed by atoms with Crippen molar-refractivity contribution in [2.75, 3.05) is 20.6 Å². The Bertz CT molecular complexity index is 730. The summed E-state index contributed by atoms with van der Waals surface area (Å²) < 4.78 is 0. The molecule has 2 rings (SSSR count). The maximum Gasteiger partial charge on any atom is 0.305 e. The summed E-state index contributed by atoms with van der Waals surface area (Å²) in [4.78, 5) is 30.4. The van der Waals surface area contributed by atoms with E-state index in [0.717, 1.165) is 11.3 Å². The van der Waals surface area contributed by atoms with E-state index in [0.29, 0.717) is 18.5 Å². The number of carboxylic acids is 1. The quantitative estimate of drug-likeness (QED) is 0.363. The fraction of sp³-hybridized carbons (Fsp3) is 0.444. The minimum absolute atomic E-state index is 0.00523. The Morgan fingerprint density at radius 2 is 2.07 bits per heavy atom. The number of nitrogen functional groups attached to an aromatic ring is 1. The van der Waals surface area contributed by atoms with Crippen LogP contribution in [0.2, 0.25) is 0 Å². The lowest BCUT2D eigenvalue weighted by Gasteiger charge is -2.21. The van der Waals surface area contributed by atoms with Crippen LogP contribution >= 0.6 is 0 Å². The van der Waals surface area contributed by atoms with Crippen LogP contribution in [-0.2, 0) is 14.4 Å². The minimum Gasteiger partial charge on any atom is -0.481 e. The van der Waals surface area contributed by atoms with Crippen LogP contribution in [0, 0.1) is 5.41 Å². The van der Waals surface area contributed by atoms with E-state index in [9.17, 15) is 9.59 Å². The third kappa shape index (κ3) is 6.37. The van der Waals surface area contributed by atoms with Crippen molar-refractivity contribution in [1.29, 1.82) is 5.41 Å². The first-order valence-electron chi connectivity index (χ1n) is 8.58. The molecule has 0 spiro atoms. The van der Waals surface area contributed by atoms with Crippen LogP contribution in [0.1, 0.15) is 30.4 Å². The highest BCUT2D eigenvalue weighted by Crippen LogP contribution is 2.19. The van der Waals surface area contributed by atoms with Gasteiger partial charge in [-0.2, -0.15) is 0 Å². The van der Waals surface area contributed by atoms with Gasteiger partial charge in [0, 0.05) is 18.5 Å². The molecule has 0 saturated heterocycles. The highest BCUT2D eigenvalue weighted by atomic mass is 16.6. The number of aliphatic carboxylic acids is 1. The molecule has 9 heteroatoms. The van der Waals surface area contributed by atoms with Gasteiger partial charge >= 0.3 is 5.97 Å². The van der Waals surface area contributed by atoms with Crippen molar-refractivity contribution in [3.05, 3.63) is 35.4 Å². The number of carboxylic acid groups (broad SMARTS) is 1. The summed E-state index contributed by atoms with van der Waals surface area (Å²) in [5.41, 5.74) is 7.63. The molecule has 0 fully saturated rings. The molecule has 1 heterocycles. The third-order valence-corrected chi connectivity index (χ3v) is 4.05. The summed E-state index contributed by atoms with van der Waals surface area (Å²) in [6.45, 7) is 0.438. The maximum absolute atomic E-state index is 12.2. The van der Waals surface area contributed by atoms with Crippen molar-refractivity contribution in [1.82, 2.24) is 10.2 Å². The lowest BCUT2D eigenvalue weighted by molar-refractivity contribution is -0.137. The first kappa shape index (κ1) is 20.4. The van der Waals surface area contributed by atoms with Crippen LogP contribution in [-0.4, -0.2) is 66.2 Å². The third-order valence-electron chi connectivity index (χ3n) is 4.05. The highest BCUT2D eigenvalue weighted by molar-refractivity contribution is 6.02. The number of benzene rings is 1. The number of rotatable bonds is 9. The van der Waals surface area contributed by atoms with E-state index in [4.69, 9.17) is 21.1 Å². The van der Waals surface area contributed by atoms with E-state index >= 15 is 0 Å². The van der Waals surface area contributed by atoms with Crippen molar-refractivity contribution in [3.8, 4) is 0 Å². The highest BCUT2D eigenvalue weighted by Gasteiger charge is 2.26. The molecule has 0 saturated carbocycles. The number of amidine groups is 1. The average Bonchev–Trinajstić information content (AvgIpc) is 3.01. The van der Waals surface area contributed by atoms with Gasteiger partial charge in [0.25, 0.3) is 0 Å². The molecule has 1 amide bonds. The molecule has 1 aromatic rings. The Hall–Kier alpha value is -2.94. The predicted molar refractivity (Wildman–Crippen MR) is 101 cm³/mol. The van der Waals surface area contributed by atoms with Gasteiger partial charge in [0.2, 0.25) is 5.91 Å². The zero-order valence-corrected chi connectivity index (χ0v) is 15.4. The monoisotopic (exact) mass is 375 g/mol. The molecule has 0 radical (unpaired) electrons. The van der Waals surface area contributed by atoms with Gasteiger partial charge in [-0.05, 0) is 19.7 Å². The Kier molecular flexibility index (Phi) is 6.89. The number of oxime groups is 1. The maximum atomic E-state index is 12.2. The topological polar surface area (TPSA) is 141 Å². The molecule has 0 bridgehead atoms. The van der Waals surface area contributed by atoms with Crippen LogP contribution < -0.4 is 11.1 Å². The Balaban J connectivity index is 1.87. The fourth-order valence-electron chi connectivity index (χ4n) is 2.86. The Labute approximate surface area is 157 Å². The van der Waals surface area contributed by atoms with E-state index in [-0.39, 0.29) is 24.6 Å². The van der Waals surface area contributed by atoms with Crippen LogP contribution in [0.15, 0.2) is 29.4 Å². The molecule has 9 nitrogen and oxygen atoms in total.